The molecule has 0 aromatic heterocycles. The number of allylic oxidation sites excluding steroid dienone is 1. The predicted octanol–water partition coefficient (Wildman–Crippen LogP) is 1.56. The summed E-state index contributed by atoms with van der Waals surface area (Å²) in [6, 6.07) is -1.11. The van der Waals surface area contributed by atoms with E-state index in [9.17, 15) is 34.0 Å². The van der Waals surface area contributed by atoms with Crippen LogP contribution < -0.4 is 5.73 Å². The topological polar surface area (TPSA) is 210 Å². The fourth-order valence-electron chi connectivity index (χ4n) is 2.83. The van der Waals surface area contributed by atoms with Crippen LogP contribution in [0, 0.1) is 10.8 Å². The SMILES string of the molecule is CC(=O)C=CN(C(N)=O)C1OC(COP(=O)(OCOC(=O)C(C)(C)C)OCOC(=O)C(C)(C)C)C(O)C1(C)O. The highest BCUT2D eigenvalue weighted by atomic mass is 31.2. The van der Waals surface area contributed by atoms with Gasteiger partial charge in [0, 0.05) is 6.20 Å². The van der Waals surface area contributed by atoms with Crippen molar-refractivity contribution >= 4 is 31.6 Å². The summed E-state index contributed by atoms with van der Waals surface area (Å²) in [5.74, 6) is -1.81. The van der Waals surface area contributed by atoms with Crippen molar-refractivity contribution in [2.75, 3.05) is 20.2 Å². The summed E-state index contributed by atoms with van der Waals surface area (Å²) in [7, 11) is -4.64. The number of urea groups is 1. The van der Waals surface area contributed by atoms with Gasteiger partial charge < -0.3 is 30.2 Å². The molecule has 4 atom stereocenters. The molecule has 1 fully saturated rings. The standard InChI is InChI=1S/C23H39N2O13P/c1-14(26)9-10-25(20(24)30)17-23(8,31)16(27)15(38-17)11-35-39(32,36-12-33-18(28)21(2,3)4)37-13-34-19(29)22(5,6)7/h9-10,15-17,27,31H,11-13H2,1-8H3,(H2,24,30). The third-order valence-corrected chi connectivity index (χ3v) is 6.46. The van der Waals surface area contributed by atoms with Crippen LogP contribution in [0.25, 0.3) is 0 Å². The van der Waals surface area contributed by atoms with Gasteiger partial charge in [-0.25, -0.2) is 18.4 Å². The molecule has 1 rings (SSSR count). The third-order valence-electron chi connectivity index (χ3n) is 5.15. The van der Waals surface area contributed by atoms with Crippen LogP contribution in [0.15, 0.2) is 12.3 Å². The molecule has 0 aromatic rings. The van der Waals surface area contributed by atoms with Gasteiger partial charge in [-0.2, -0.15) is 0 Å². The smallest absolute Gasteiger partial charge is 0.437 e. The van der Waals surface area contributed by atoms with Gasteiger partial charge in [0.25, 0.3) is 0 Å². The average molecular weight is 583 g/mol. The molecule has 1 aliphatic heterocycles. The number of primary amides is 1. The van der Waals surface area contributed by atoms with Gasteiger partial charge in [0.15, 0.2) is 12.0 Å². The summed E-state index contributed by atoms with van der Waals surface area (Å²) in [4.78, 5) is 47.9. The summed E-state index contributed by atoms with van der Waals surface area (Å²) in [6.07, 6.45) is -2.75. The van der Waals surface area contributed by atoms with Gasteiger partial charge in [0.1, 0.15) is 17.8 Å². The largest absolute Gasteiger partial charge is 0.480 e. The molecule has 2 amide bonds. The molecule has 0 bridgehead atoms. The number of aliphatic hydroxyl groups excluding tert-OH is 1. The quantitative estimate of drug-likeness (QED) is 0.129. The Morgan fingerprint density at radius 3 is 1.85 bits per heavy atom. The van der Waals surface area contributed by atoms with E-state index in [1.165, 1.54) is 6.92 Å². The lowest BCUT2D eigenvalue weighted by Crippen LogP contribution is -2.54. The van der Waals surface area contributed by atoms with E-state index in [1.807, 2.05) is 0 Å². The monoisotopic (exact) mass is 582 g/mol. The van der Waals surface area contributed by atoms with Crippen molar-refractivity contribution in [3.05, 3.63) is 12.3 Å². The lowest BCUT2D eigenvalue weighted by Gasteiger charge is -2.32. The van der Waals surface area contributed by atoms with Crippen molar-refractivity contribution in [1.82, 2.24) is 4.90 Å². The lowest BCUT2D eigenvalue weighted by atomic mass is 9.96. The van der Waals surface area contributed by atoms with E-state index < -0.39 is 86.6 Å². The highest BCUT2D eigenvalue weighted by Gasteiger charge is 2.55. The molecule has 224 valence electrons. The van der Waals surface area contributed by atoms with Crippen molar-refractivity contribution in [2.24, 2.45) is 16.6 Å². The second kappa shape index (κ2) is 13.3. The average Bonchev–Trinajstić information content (AvgIpc) is 2.99. The third kappa shape index (κ3) is 10.3. The second-order valence-electron chi connectivity index (χ2n) is 11.0. The molecular weight excluding hydrogens is 543 g/mol. The number of amides is 2. The van der Waals surface area contributed by atoms with Gasteiger partial charge >= 0.3 is 25.8 Å². The van der Waals surface area contributed by atoms with Crippen molar-refractivity contribution in [3.63, 3.8) is 0 Å². The lowest BCUT2D eigenvalue weighted by molar-refractivity contribution is -0.163. The van der Waals surface area contributed by atoms with Gasteiger partial charge in [-0.1, -0.05) is 0 Å². The Kier molecular flexibility index (Phi) is 11.8. The highest BCUT2D eigenvalue weighted by Crippen LogP contribution is 2.50. The number of hydrogen-bond donors (Lipinski definition) is 3. The number of nitrogens with zero attached hydrogens (tertiary/aromatic N) is 1. The van der Waals surface area contributed by atoms with E-state index in [0.29, 0.717) is 4.90 Å². The minimum Gasteiger partial charge on any atom is -0.437 e. The second-order valence-corrected chi connectivity index (χ2v) is 12.6. The summed E-state index contributed by atoms with van der Waals surface area (Å²) in [5.41, 5.74) is 1.41. The Labute approximate surface area is 227 Å². The van der Waals surface area contributed by atoms with Gasteiger partial charge in [0.05, 0.1) is 17.4 Å². The van der Waals surface area contributed by atoms with Gasteiger partial charge in [-0.3, -0.25) is 23.8 Å². The first-order valence-electron chi connectivity index (χ1n) is 11.8. The Morgan fingerprint density at radius 2 is 1.46 bits per heavy atom. The Morgan fingerprint density at radius 1 is 1.00 bits per heavy atom. The summed E-state index contributed by atoms with van der Waals surface area (Å²) < 4.78 is 43.9. The fraction of sp³-hybridized carbons (Fsp3) is 0.739. The van der Waals surface area contributed by atoms with Gasteiger partial charge in [-0.15, -0.1) is 0 Å². The predicted molar refractivity (Wildman–Crippen MR) is 133 cm³/mol. The van der Waals surface area contributed by atoms with Crippen LogP contribution in [0.1, 0.15) is 55.4 Å². The van der Waals surface area contributed by atoms with E-state index in [2.05, 4.69) is 0 Å². The number of hydrogen-bond acceptors (Lipinski definition) is 13. The first-order valence-corrected chi connectivity index (χ1v) is 13.3. The number of nitrogens with two attached hydrogens (primary N) is 1. The van der Waals surface area contributed by atoms with Crippen LogP contribution in [0.4, 0.5) is 4.79 Å². The van der Waals surface area contributed by atoms with Crippen molar-refractivity contribution in [2.45, 2.75) is 79.4 Å². The molecule has 16 heteroatoms. The van der Waals surface area contributed by atoms with Crippen LogP contribution in [-0.2, 0) is 46.7 Å². The van der Waals surface area contributed by atoms with Crippen LogP contribution in [-0.4, -0.2) is 83.1 Å². The number of carbonyl (C=O) groups is 4. The summed E-state index contributed by atoms with van der Waals surface area (Å²) in [6.45, 7) is 9.37. The Balaban J connectivity index is 3.03. The molecule has 0 aliphatic carbocycles. The number of ketones is 1. The molecule has 0 saturated carbocycles. The number of carbonyl (C=O) groups excluding carboxylic acids is 4. The van der Waals surface area contributed by atoms with E-state index in [-0.39, 0.29) is 0 Å². The maximum absolute atomic E-state index is 13.2. The first kappa shape index (κ1) is 34.6. The molecule has 1 aliphatic rings. The molecule has 1 saturated heterocycles. The summed E-state index contributed by atoms with van der Waals surface area (Å²) >= 11 is 0. The maximum atomic E-state index is 13.2. The zero-order valence-corrected chi connectivity index (χ0v) is 24.3. The van der Waals surface area contributed by atoms with Crippen LogP contribution in [0.3, 0.4) is 0 Å². The highest BCUT2D eigenvalue weighted by molar-refractivity contribution is 7.48. The van der Waals surface area contributed by atoms with Gasteiger partial charge in [0.2, 0.25) is 13.6 Å². The van der Waals surface area contributed by atoms with E-state index in [4.69, 9.17) is 33.5 Å². The zero-order valence-electron chi connectivity index (χ0n) is 23.4. The molecule has 4 unspecified atom stereocenters. The van der Waals surface area contributed by atoms with Crippen molar-refractivity contribution in [3.8, 4) is 0 Å². The zero-order chi connectivity index (χ0) is 30.4. The van der Waals surface area contributed by atoms with Crippen LogP contribution >= 0.6 is 7.82 Å². The Bertz CT molecular complexity index is 947. The molecule has 0 aromatic carbocycles. The summed E-state index contributed by atoms with van der Waals surface area (Å²) in [5, 5.41) is 21.5. The Hall–Kier alpha value is -2.39. The number of rotatable bonds is 12. The maximum Gasteiger partial charge on any atom is 0.480 e. The normalized spacial score (nSPS) is 24.0. The number of phosphoric ester groups is 1. The van der Waals surface area contributed by atoms with E-state index in [1.54, 1.807) is 41.5 Å². The van der Waals surface area contributed by atoms with E-state index >= 15 is 0 Å². The van der Waals surface area contributed by atoms with E-state index in [0.717, 1.165) is 19.2 Å². The minimum absolute atomic E-state index is 0.436. The van der Waals surface area contributed by atoms with Crippen LogP contribution in [0.2, 0.25) is 0 Å². The molecule has 0 spiro atoms. The molecule has 15 nitrogen and oxygen atoms in total. The number of ether oxygens (including phenoxy) is 3. The molecule has 4 N–H and O–H groups in total. The molecule has 39 heavy (non-hydrogen) atoms. The minimum atomic E-state index is -4.64. The molecular formula is C23H39N2O13P. The fourth-order valence-corrected chi connectivity index (χ4v) is 3.75. The molecule has 0 radical (unpaired) electrons. The first-order chi connectivity index (χ1) is 17.6. The van der Waals surface area contributed by atoms with Crippen molar-refractivity contribution in [1.29, 1.82) is 0 Å². The van der Waals surface area contributed by atoms with Crippen molar-refractivity contribution < 1.29 is 61.7 Å². The number of aliphatic hydroxyl groups is 2. The number of phosphoric acid groups is 1. The molecule has 1 heterocycles. The van der Waals surface area contributed by atoms with Crippen LogP contribution in [0.5, 0.6) is 0 Å². The van der Waals surface area contributed by atoms with Gasteiger partial charge in [-0.05, 0) is 61.5 Å². The number of esters is 2.